The largest absolute Gasteiger partial charge is 0.312 e. The van der Waals surface area contributed by atoms with E-state index in [-0.39, 0.29) is 5.56 Å². The van der Waals surface area contributed by atoms with Gasteiger partial charge in [-0.3, -0.25) is 14.1 Å². The molecule has 2 aromatic heterocycles. The number of fused-ring (bicyclic) bond motifs is 2. The van der Waals surface area contributed by atoms with Gasteiger partial charge < -0.3 is 5.32 Å². The molecule has 0 bridgehead atoms. The molecule has 2 fully saturated rings. The van der Waals surface area contributed by atoms with E-state index < -0.39 is 0 Å². The van der Waals surface area contributed by atoms with E-state index in [1.54, 1.807) is 16.7 Å². The average molecular weight is 284 g/mol. The van der Waals surface area contributed by atoms with Gasteiger partial charge in [0.1, 0.15) is 5.65 Å². The number of rotatable bonds is 2. The molecule has 2 saturated heterocycles. The highest BCUT2D eigenvalue weighted by Crippen LogP contribution is 2.25. The smallest absolute Gasteiger partial charge is 0.258 e. The van der Waals surface area contributed by atoms with E-state index in [1.165, 1.54) is 12.8 Å². The summed E-state index contributed by atoms with van der Waals surface area (Å²) in [7, 11) is 0. The first kappa shape index (κ1) is 13.0. The number of aromatic nitrogens is 2. The Labute approximate surface area is 123 Å². The zero-order valence-electron chi connectivity index (χ0n) is 12.0. The molecule has 2 unspecified atom stereocenters. The Morgan fingerprint density at radius 2 is 2.29 bits per heavy atom. The number of hydrogen-bond acceptors (Lipinski definition) is 4. The molecule has 4 rings (SSSR count). The number of piperidine rings is 1. The van der Waals surface area contributed by atoms with Gasteiger partial charge in [0.2, 0.25) is 0 Å². The van der Waals surface area contributed by atoms with E-state index in [0.29, 0.717) is 6.04 Å². The Kier molecular flexibility index (Phi) is 3.24. The van der Waals surface area contributed by atoms with E-state index in [1.807, 2.05) is 18.2 Å². The lowest BCUT2D eigenvalue weighted by Gasteiger charge is -2.24. The topological polar surface area (TPSA) is 49.6 Å². The minimum atomic E-state index is 0.00494. The molecule has 5 nitrogen and oxygen atoms in total. The third-order valence-electron chi connectivity index (χ3n) is 4.68. The standard InChI is InChI=1S/C16H20N4O/c21-16-8-13(18-15-5-1-2-7-20(15)16)10-19-9-12-4-3-6-17-14(12)11-19/h1-2,5,7-8,12,14,17H,3-4,6,9-11H2. The monoisotopic (exact) mass is 284 g/mol. The quantitative estimate of drug-likeness (QED) is 0.889. The lowest BCUT2D eigenvalue weighted by Crippen LogP contribution is -2.40. The second-order valence-electron chi connectivity index (χ2n) is 6.17. The van der Waals surface area contributed by atoms with Crippen LogP contribution in [0.5, 0.6) is 0 Å². The second kappa shape index (κ2) is 5.24. The molecule has 4 heterocycles. The maximum Gasteiger partial charge on any atom is 0.258 e. The fourth-order valence-corrected chi connectivity index (χ4v) is 3.68. The predicted molar refractivity (Wildman–Crippen MR) is 81.3 cm³/mol. The van der Waals surface area contributed by atoms with Crippen LogP contribution in [0.3, 0.4) is 0 Å². The first-order valence-corrected chi connectivity index (χ1v) is 7.73. The molecule has 0 aromatic carbocycles. The van der Waals surface area contributed by atoms with Crippen LogP contribution in [0, 0.1) is 5.92 Å². The van der Waals surface area contributed by atoms with Gasteiger partial charge in [0.15, 0.2) is 0 Å². The molecular weight excluding hydrogens is 264 g/mol. The first-order valence-electron chi connectivity index (χ1n) is 7.73. The molecule has 2 aliphatic heterocycles. The second-order valence-corrected chi connectivity index (χ2v) is 6.17. The number of nitrogens with one attached hydrogen (secondary N) is 1. The molecule has 0 spiro atoms. The molecule has 5 heteroatoms. The lowest BCUT2D eigenvalue weighted by molar-refractivity contribution is 0.309. The van der Waals surface area contributed by atoms with Gasteiger partial charge in [-0.05, 0) is 37.4 Å². The van der Waals surface area contributed by atoms with Gasteiger partial charge in [-0.15, -0.1) is 0 Å². The summed E-state index contributed by atoms with van der Waals surface area (Å²) in [6.07, 6.45) is 4.37. The lowest BCUT2D eigenvalue weighted by atomic mass is 9.94. The van der Waals surface area contributed by atoms with Crippen LogP contribution in [0.15, 0.2) is 35.3 Å². The summed E-state index contributed by atoms with van der Waals surface area (Å²) in [5, 5.41) is 3.61. The fraction of sp³-hybridized carbons (Fsp3) is 0.500. The molecule has 2 atom stereocenters. The average Bonchev–Trinajstić information content (AvgIpc) is 2.89. The van der Waals surface area contributed by atoms with Crippen LogP contribution in [0.25, 0.3) is 5.65 Å². The molecule has 2 aliphatic rings. The molecule has 2 aromatic rings. The van der Waals surface area contributed by atoms with Crippen molar-refractivity contribution in [3.05, 3.63) is 46.5 Å². The molecule has 21 heavy (non-hydrogen) atoms. The van der Waals surface area contributed by atoms with Gasteiger partial charge >= 0.3 is 0 Å². The fourth-order valence-electron chi connectivity index (χ4n) is 3.68. The highest BCUT2D eigenvalue weighted by atomic mass is 16.1. The minimum Gasteiger partial charge on any atom is -0.312 e. The van der Waals surface area contributed by atoms with E-state index in [2.05, 4.69) is 15.2 Å². The van der Waals surface area contributed by atoms with Crippen molar-refractivity contribution >= 4 is 5.65 Å². The Morgan fingerprint density at radius 3 is 3.19 bits per heavy atom. The van der Waals surface area contributed by atoms with E-state index in [0.717, 1.165) is 43.4 Å². The third-order valence-corrected chi connectivity index (χ3v) is 4.68. The van der Waals surface area contributed by atoms with Gasteiger partial charge in [0, 0.05) is 37.9 Å². The van der Waals surface area contributed by atoms with Crippen molar-refractivity contribution in [1.82, 2.24) is 19.6 Å². The summed E-state index contributed by atoms with van der Waals surface area (Å²) in [4.78, 5) is 19.2. The number of likely N-dealkylation sites (tertiary alicyclic amines) is 1. The summed E-state index contributed by atoms with van der Waals surface area (Å²) in [6, 6.07) is 7.95. The van der Waals surface area contributed by atoms with Gasteiger partial charge in [-0.1, -0.05) is 6.07 Å². The van der Waals surface area contributed by atoms with E-state index in [9.17, 15) is 4.79 Å². The van der Waals surface area contributed by atoms with Crippen molar-refractivity contribution in [3.8, 4) is 0 Å². The zero-order valence-corrected chi connectivity index (χ0v) is 12.0. The summed E-state index contributed by atoms with van der Waals surface area (Å²) in [5.74, 6) is 0.764. The third kappa shape index (κ3) is 2.47. The van der Waals surface area contributed by atoms with Crippen LogP contribution in [-0.4, -0.2) is 40.0 Å². The van der Waals surface area contributed by atoms with Crippen molar-refractivity contribution in [3.63, 3.8) is 0 Å². The Hall–Kier alpha value is -1.72. The number of pyridine rings is 1. The molecule has 0 amide bonds. The van der Waals surface area contributed by atoms with Crippen LogP contribution in [0.2, 0.25) is 0 Å². The van der Waals surface area contributed by atoms with E-state index >= 15 is 0 Å². The van der Waals surface area contributed by atoms with Crippen molar-refractivity contribution in [2.75, 3.05) is 19.6 Å². The molecular formula is C16H20N4O. The molecule has 0 saturated carbocycles. The van der Waals surface area contributed by atoms with Crippen LogP contribution < -0.4 is 10.9 Å². The molecule has 0 radical (unpaired) electrons. The normalized spacial score (nSPS) is 26.1. The van der Waals surface area contributed by atoms with Gasteiger partial charge in [0.05, 0.1) is 5.69 Å². The summed E-state index contributed by atoms with van der Waals surface area (Å²) in [6.45, 7) is 4.11. The first-order chi connectivity index (χ1) is 10.3. The van der Waals surface area contributed by atoms with Gasteiger partial charge in [-0.2, -0.15) is 0 Å². The molecule has 0 aliphatic carbocycles. The Morgan fingerprint density at radius 1 is 1.33 bits per heavy atom. The van der Waals surface area contributed by atoms with Crippen molar-refractivity contribution < 1.29 is 0 Å². The predicted octanol–water partition coefficient (Wildman–Crippen LogP) is 0.878. The molecule has 1 N–H and O–H groups in total. The van der Waals surface area contributed by atoms with Crippen molar-refractivity contribution in [1.29, 1.82) is 0 Å². The highest BCUT2D eigenvalue weighted by Gasteiger charge is 2.34. The molecule has 110 valence electrons. The summed E-state index contributed by atoms with van der Waals surface area (Å²) in [5.41, 5.74) is 1.62. The van der Waals surface area contributed by atoms with Crippen LogP contribution in [-0.2, 0) is 6.54 Å². The zero-order chi connectivity index (χ0) is 14.2. The van der Waals surface area contributed by atoms with Crippen molar-refractivity contribution in [2.24, 2.45) is 5.92 Å². The number of hydrogen-bond donors (Lipinski definition) is 1. The maximum absolute atomic E-state index is 12.1. The van der Waals surface area contributed by atoms with Crippen LogP contribution >= 0.6 is 0 Å². The van der Waals surface area contributed by atoms with Gasteiger partial charge in [-0.25, -0.2) is 4.98 Å². The summed E-state index contributed by atoms with van der Waals surface area (Å²) >= 11 is 0. The number of nitrogens with zero attached hydrogens (tertiary/aromatic N) is 3. The van der Waals surface area contributed by atoms with Crippen LogP contribution in [0.4, 0.5) is 0 Å². The SMILES string of the molecule is O=c1cc(CN2CC3CCCNC3C2)nc2ccccn12. The Bertz CT molecular complexity index is 697. The van der Waals surface area contributed by atoms with Crippen LogP contribution in [0.1, 0.15) is 18.5 Å². The highest BCUT2D eigenvalue weighted by molar-refractivity contribution is 5.38. The minimum absolute atomic E-state index is 0.00494. The van der Waals surface area contributed by atoms with E-state index in [4.69, 9.17) is 0 Å². The van der Waals surface area contributed by atoms with Crippen molar-refractivity contribution in [2.45, 2.75) is 25.4 Å². The van der Waals surface area contributed by atoms with Gasteiger partial charge in [0.25, 0.3) is 5.56 Å². The summed E-state index contributed by atoms with van der Waals surface area (Å²) < 4.78 is 1.59. The maximum atomic E-state index is 12.1. The Balaban J connectivity index is 1.56.